The summed E-state index contributed by atoms with van der Waals surface area (Å²) in [5.41, 5.74) is -1.90. The van der Waals surface area contributed by atoms with Gasteiger partial charge in [0.25, 0.3) is 11.5 Å². The van der Waals surface area contributed by atoms with Crippen LogP contribution in [-0.2, 0) is 12.7 Å². The van der Waals surface area contributed by atoms with E-state index in [9.17, 15) is 27.9 Å². The Bertz CT molecular complexity index is 1120. The van der Waals surface area contributed by atoms with Crippen molar-refractivity contribution in [1.82, 2.24) is 15.1 Å². The van der Waals surface area contributed by atoms with Crippen molar-refractivity contribution in [3.63, 3.8) is 0 Å². The third kappa shape index (κ3) is 5.94. The molecule has 2 aromatic carbocycles. The zero-order valence-corrected chi connectivity index (χ0v) is 16.7. The zero-order valence-electron chi connectivity index (χ0n) is 16.7. The van der Waals surface area contributed by atoms with E-state index in [2.05, 4.69) is 10.4 Å². The van der Waals surface area contributed by atoms with Gasteiger partial charge in [0.15, 0.2) is 0 Å². The number of rotatable bonds is 8. The van der Waals surface area contributed by atoms with E-state index in [4.69, 9.17) is 4.74 Å². The summed E-state index contributed by atoms with van der Waals surface area (Å²) in [5.74, 6) is -0.131. The molecule has 0 fully saturated rings. The van der Waals surface area contributed by atoms with Crippen LogP contribution >= 0.6 is 0 Å². The molecule has 2 N–H and O–H groups in total. The summed E-state index contributed by atoms with van der Waals surface area (Å²) in [6.07, 6.45) is -6.22. The van der Waals surface area contributed by atoms with Gasteiger partial charge in [-0.3, -0.25) is 9.59 Å². The van der Waals surface area contributed by atoms with Crippen LogP contribution in [-0.4, -0.2) is 33.9 Å². The molecule has 1 unspecified atom stereocenters. The number of nitrogens with one attached hydrogen (secondary N) is 1. The van der Waals surface area contributed by atoms with Gasteiger partial charge < -0.3 is 15.2 Å². The van der Waals surface area contributed by atoms with Crippen molar-refractivity contribution in [2.75, 3.05) is 13.2 Å². The number of alkyl halides is 3. The average Bonchev–Trinajstić information content (AvgIpc) is 2.78. The number of amides is 1. The maximum Gasteiger partial charge on any atom is 0.416 e. The van der Waals surface area contributed by atoms with Gasteiger partial charge >= 0.3 is 6.18 Å². The molecule has 0 aliphatic rings. The molecule has 10 heteroatoms. The monoisotopic (exact) mass is 447 g/mol. The topological polar surface area (TPSA) is 93.5 Å². The Morgan fingerprint density at radius 2 is 1.75 bits per heavy atom. The minimum atomic E-state index is -4.64. The molecule has 0 aliphatic carbocycles. The van der Waals surface area contributed by atoms with Gasteiger partial charge in [-0.1, -0.05) is 36.4 Å². The minimum absolute atomic E-state index is 0.0798. The van der Waals surface area contributed by atoms with E-state index in [-0.39, 0.29) is 24.4 Å². The second-order valence-electron chi connectivity index (χ2n) is 6.75. The normalized spacial score (nSPS) is 12.2. The molecule has 0 radical (unpaired) electrons. The molecule has 0 saturated heterocycles. The molecule has 1 atom stereocenters. The SMILES string of the molecule is O=C(NCC(O)c1ccccc1C(F)(F)F)c1ccc(=O)n(CCOc2ccccc2)n1. The first kappa shape index (κ1) is 23.0. The van der Waals surface area contributed by atoms with Crippen molar-refractivity contribution in [3.8, 4) is 5.75 Å². The second kappa shape index (κ2) is 10.1. The number of carbonyl (C=O) groups is 1. The number of halogens is 3. The lowest BCUT2D eigenvalue weighted by Crippen LogP contribution is -2.33. The molecule has 1 aromatic heterocycles. The first-order chi connectivity index (χ1) is 15.3. The molecule has 32 heavy (non-hydrogen) atoms. The van der Waals surface area contributed by atoms with Crippen LogP contribution in [0.15, 0.2) is 71.5 Å². The van der Waals surface area contributed by atoms with Gasteiger partial charge in [0.05, 0.1) is 18.2 Å². The highest BCUT2D eigenvalue weighted by atomic mass is 19.4. The highest BCUT2D eigenvalue weighted by Gasteiger charge is 2.34. The maximum absolute atomic E-state index is 13.1. The number of benzene rings is 2. The summed E-state index contributed by atoms with van der Waals surface area (Å²) < 4.78 is 45.9. The summed E-state index contributed by atoms with van der Waals surface area (Å²) in [4.78, 5) is 24.4. The highest BCUT2D eigenvalue weighted by molar-refractivity contribution is 5.92. The lowest BCUT2D eigenvalue weighted by molar-refractivity contribution is -0.139. The molecule has 0 bridgehead atoms. The molecular formula is C22H20F3N3O4. The van der Waals surface area contributed by atoms with Gasteiger partial charge in [-0.15, -0.1) is 0 Å². The summed E-state index contributed by atoms with van der Waals surface area (Å²) >= 11 is 0. The van der Waals surface area contributed by atoms with Crippen LogP contribution in [0.2, 0.25) is 0 Å². The number of aliphatic hydroxyl groups is 1. The predicted octanol–water partition coefficient (Wildman–Crippen LogP) is 2.80. The number of ether oxygens (including phenoxy) is 1. The molecular weight excluding hydrogens is 427 g/mol. The Kier molecular flexibility index (Phi) is 7.26. The van der Waals surface area contributed by atoms with Crippen molar-refractivity contribution in [3.05, 3.63) is 93.9 Å². The van der Waals surface area contributed by atoms with Crippen LogP contribution in [0.25, 0.3) is 0 Å². The Labute approximate surface area is 181 Å². The Morgan fingerprint density at radius 1 is 1.06 bits per heavy atom. The molecule has 3 rings (SSSR count). The number of nitrogens with zero attached hydrogens (tertiary/aromatic N) is 2. The smallest absolute Gasteiger partial charge is 0.416 e. The van der Waals surface area contributed by atoms with Crippen LogP contribution in [0.5, 0.6) is 5.75 Å². The fourth-order valence-electron chi connectivity index (χ4n) is 2.93. The van der Waals surface area contributed by atoms with E-state index in [0.29, 0.717) is 5.75 Å². The Balaban J connectivity index is 1.62. The largest absolute Gasteiger partial charge is 0.492 e. The van der Waals surface area contributed by atoms with Crippen molar-refractivity contribution in [2.24, 2.45) is 0 Å². The van der Waals surface area contributed by atoms with Crippen LogP contribution < -0.4 is 15.6 Å². The van der Waals surface area contributed by atoms with Crippen molar-refractivity contribution in [2.45, 2.75) is 18.8 Å². The van der Waals surface area contributed by atoms with Crippen molar-refractivity contribution in [1.29, 1.82) is 0 Å². The summed E-state index contributed by atoms with van der Waals surface area (Å²) in [6, 6.07) is 15.9. The third-order valence-corrected chi connectivity index (χ3v) is 4.50. The van der Waals surface area contributed by atoms with E-state index in [1.165, 1.54) is 18.2 Å². The van der Waals surface area contributed by atoms with Crippen molar-refractivity contribution < 1.29 is 27.8 Å². The average molecular weight is 447 g/mol. The van der Waals surface area contributed by atoms with Crippen LogP contribution in [0, 0.1) is 0 Å². The Morgan fingerprint density at radius 3 is 2.47 bits per heavy atom. The lowest BCUT2D eigenvalue weighted by Gasteiger charge is -2.18. The number of para-hydroxylation sites is 1. The van der Waals surface area contributed by atoms with E-state index in [0.717, 1.165) is 22.9 Å². The predicted molar refractivity (Wildman–Crippen MR) is 109 cm³/mol. The zero-order chi connectivity index (χ0) is 23.1. The van der Waals surface area contributed by atoms with E-state index in [1.807, 2.05) is 6.07 Å². The number of hydrogen-bond acceptors (Lipinski definition) is 5. The van der Waals surface area contributed by atoms with Gasteiger partial charge in [-0.2, -0.15) is 18.3 Å². The van der Waals surface area contributed by atoms with Crippen LogP contribution in [0.1, 0.15) is 27.7 Å². The highest BCUT2D eigenvalue weighted by Crippen LogP contribution is 2.34. The van der Waals surface area contributed by atoms with Gasteiger partial charge in [-0.25, -0.2) is 4.68 Å². The summed E-state index contributed by atoms with van der Waals surface area (Å²) in [6.45, 7) is -0.255. The fraction of sp³-hybridized carbons (Fsp3) is 0.227. The van der Waals surface area contributed by atoms with Crippen LogP contribution in [0.3, 0.4) is 0 Å². The summed E-state index contributed by atoms with van der Waals surface area (Å²) in [5, 5.41) is 16.5. The molecule has 1 amide bonds. The first-order valence-electron chi connectivity index (χ1n) is 9.64. The van der Waals surface area contributed by atoms with E-state index < -0.39 is 35.9 Å². The molecule has 0 saturated carbocycles. The van der Waals surface area contributed by atoms with Gasteiger partial charge in [-0.05, 0) is 29.8 Å². The standard InChI is InChI=1S/C22H20F3N3O4/c23-22(24,25)17-9-5-4-8-16(17)19(29)14-26-21(31)18-10-11-20(30)28(27-18)12-13-32-15-6-2-1-3-7-15/h1-11,19,29H,12-14H2,(H,26,31). The van der Waals surface area contributed by atoms with E-state index in [1.54, 1.807) is 24.3 Å². The number of aliphatic hydroxyl groups excluding tert-OH is 1. The number of aromatic nitrogens is 2. The summed E-state index contributed by atoms with van der Waals surface area (Å²) in [7, 11) is 0. The Hall–Kier alpha value is -3.66. The minimum Gasteiger partial charge on any atom is -0.492 e. The fourth-order valence-corrected chi connectivity index (χ4v) is 2.93. The molecule has 0 aliphatic heterocycles. The van der Waals surface area contributed by atoms with E-state index >= 15 is 0 Å². The van der Waals surface area contributed by atoms with Crippen molar-refractivity contribution >= 4 is 5.91 Å². The maximum atomic E-state index is 13.1. The van der Waals surface area contributed by atoms with Gasteiger partial charge in [0, 0.05) is 12.6 Å². The number of hydrogen-bond donors (Lipinski definition) is 2. The van der Waals surface area contributed by atoms with Gasteiger partial charge in [0.1, 0.15) is 18.1 Å². The van der Waals surface area contributed by atoms with Crippen LogP contribution in [0.4, 0.5) is 13.2 Å². The lowest BCUT2D eigenvalue weighted by atomic mass is 10.0. The quantitative estimate of drug-likeness (QED) is 0.554. The second-order valence-corrected chi connectivity index (χ2v) is 6.75. The van der Waals surface area contributed by atoms with Gasteiger partial charge in [0.2, 0.25) is 0 Å². The number of carbonyl (C=O) groups excluding carboxylic acids is 1. The molecule has 168 valence electrons. The third-order valence-electron chi connectivity index (χ3n) is 4.50. The molecule has 1 heterocycles. The first-order valence-corrected chi connectivity index (χ1v) is 9.64. The molecule has 3 aromatic rings. The molecule has 0 spiro atoms. The molecule has 7 nitrogen and oxygen atoms in total.